The highest BCUT2D eigenvalue weighted by molar-refractivity contribution is 7.80. The summed E-state index contributed by atoms with van der Waals surface area (Å²) in [5.41, 5.74) is 95.9. The molecule has 116 heavy (non-hydrogen) atoms. The van der Waals surface area contributed by atoms with Crippen molar-refractivity contribution >= 4 is 125 Å². The van der Waals surface area contributed by atoms with Gasteiger partial charge in [-0.15, -0.1) is 0 Å². The Balaban J connectivity index is 3.94. The van der Waals surface area contributed by atoms with E-state index in [2.05, 4.69) is 101 Å². The highest BCUT2D eigenvalue weighted by atomic mass is 32.1. The van der Waals surface area contributed by atoms with E-state index in [9.17, 15) is 67.4 Å². The van der Waals surface area contributed by atoms with Crippen molar-refractivity contribution in [1.82, 2.24) is 58.5 Å². The van der Waals surface area contributed by atoms with Crippen molar-refractivity contribution < 1.29 is 67.4 Å². The Labute approximate surface area is 677 Å². The van der Waals surface area contributed by atoms with Crippen LogP contribution < -0.4 is 156 Å². The van der Waals surface area contributed by atoms with Crippen LogP contribution in [0.15, 0.2) is 54.2 Å². The predicted molar refractivity (Wildman–Crippen MR) is 439 cm³/mol. The van der Waals surface area contributed by atoms with Crippen molar-refractivity contribution in [2.75, 3.05) is 64.7 Å². The number of phenols is 1. The summed E-state index contributed by atoms with van der Waals surface area (Å²) >= 11 is 4.06. The van der Waals surface area contributed by atoms with E-state index in [4.69, 9.17) is 97.5 Å². The number of benzene rings is 1. The average molecular weight is 1660 g/mol. The molecule has 0 fully saturated rings. The van der Waals surface area contributed by atoms with Gasteiger partial charge in [-0.1, -0.05) is 12.1 Å². The van der Waals surface area contributed by atoms with E-state index in [1.807, 2.05) is 0 Å². The van der Waals surface area contributed by atoms with Gasteiger partial charge in [0.1, 0.15) is 66.2 Å². The smallest absolute Gasteiger partial charge is 0.243 e. The Bertz CT molecular complexity index is 3490. The number of nitrogens with zero attached hydrogens (tertiary/aromatic N) is 6. The third kappa shape index (κ3) is 46.2. The van der Waals surface area contributed by atoms with E-state index in [-0.39, 0.29) is 209 Å². The lowest BCUT2D eigenvalue weighted by atomic mass is 10.0. The topological polar surface area (TPSA) is 891 Å². The lowest BCUT2D eigenvalue weighted by Crippen LogP contribution is -2.60. The first-order valence-electron chi connectivity index (χ1n) is 37.7. The minimum absolute atomic E-state index is 0.00486. The normalized spacial score (nSPS) is 13.6. The second kappa shape index (κ2) is 57.9. The van der Waals surface area contributed by atoms with E-state index in [0.717, 1.165) is 0 Å². The number of aromatic hydroxyl groups is 1. The van der Waals surface area contributed by atoms with Gasteiger partial charge >= 0.3 is 0 Å². The summed E-state index contributed by atoms with van der Waals surface area (Å²) in [5, 5.41) is 38.2. The Kier molecular flexibility index (Phi) is 50.9. The summed E-state index contributed by atoms with van der Waals surface area (Å²) < 4.78 is 0. The number of primary amides is 2. The predicted octanol–water partition coefficient (Wildman–Crippen LogP) is -12.5. The van der Waals surface area contributed by atoms with Crippen molar-refractivity contribution in [3.63, 3.8) is 0 Å². The molecule has 11 unspecified atom stereocenters. The lowest BCUT2D eigenvalue weighted by molar-refractivity contribution is -0.136. The summed E-state index contributed by atoms with van der Waals surface area (Å²) in [6.07, 6.45) is -1.02. The molecule has 1 aromatic rings. The van der Waals surface area contributed by atoms with Gasteiger partial charge in [0.15, 0.2) is 35.8 Å². The third-order valence-electron chi connectivity index (χ3n) is 17.0. The van der Waals surface area contributed by atoms with Crippen LogP contribution >= 0.6 is 12.6 Å². The molecule has 0 aliphatic heterocycles. The highest BCUT2D eigenvalue weighted by Crippen LogP contribution is 2.15. The zero-order valence-corrected chi connectivity index (χ0v) is 66.2. The molecular weight excluding hydrogens is 1540 g/mol. The molecule has 0 spiro atoms. The van der Waals surface area contributed by atoms with Gasteiger partial charge in [0.05, 0.1) is 12.6 Å². The van der Waals surface area contributed by atoms with E-state index < -0.39 is 163 Å². The Hall–Kier alpha value is -12.0. The van der Waals surface area contributed by atoms with Crippen LogP contribution in [0.3, 0.4) is 0 Å². The molecule has 0 heterocycles. The molecule has 1 aromatic carbocycles. The number of hydrogen-bond donors (Lipinski definition) is 30. The van der Waals surface area contributed by atoms with Crippen LogP contribution in [0.4, 0.5) is 0 Å². The molecular formula is C67H124N34O14S. The molecule has 11 atom stereocenters. The van der Waals surface area contributed by atoms with Crippen molar-refractivity contribution in [3.05, 3.63) is 29.8 Å². The van der Waals surface area contributed by atoms with E-state index in [1.165, 1.54) is 24.3 Å². The number of aliphatic imine (C=N–C) groups is 6. The van der Waals surface area contributed by atoms with Gasteiger partial charge in [0, 0.05) is 57.9 Å². The monoisotopic (exact) mass is 1660 g/mol. The summed E-state index contributed by atoms with van der Waals surface area (Å²) in [6, 6.07) is -10.3. The van der Waals surface area contributed by atoms with Crippen molar-refractivity contribution in [2.45, 2.75) is 201 Å². The maximum Gasteiger partial charge on any atom is 0.243 e. The average Bonchev–Trinajstić information content (AvgIpc) is 0.862. The van der Waals surface area contributed by atoms with Gasteiger partial charge in [-0.3, -0.25) is 92.3 Å². The maximum absolute atomic E-state index is 14.9. The zero-order chi connectivity index (χ0) is 87.2. The summed E-state index contributed by atoms with van der Waals surface area (Å²) in [7, 11) is 0. The molecule has 48 nitrogen and oxygen atoms in total. The van der Waals surface area contributed by atoms with Gasteiger partial charge in [0.25, 0.3) is 0 Å². The number of nitrogens with two attached hydrogens (primary N) is 17. The standard InChI is InChI=1S/C67H124N34O14S/c68-25-3-1-11-41(94-54(108)40(14-6-28-86-63(75)76)92-50(104)34-91-53(107)48(101-52(106)38(70)35-116)33-36-19-21-37(102)22-20-36)56(110)95-42(12-2-4-26-69)57(111)97-44(16-8-30-88-65(79)80)58(112)98-46(18-10-32-90-67(83)84)60(114)100-47(23-24-49(71)103)61(115)99-45(17-9-31-89-66(81)82)59(113)96-43(15-7-29-87-64(77)78)55(109)93-39(51(72)105)13-5-27-85-62(73)74/h19-22,38-48,102,116H,1-18,23-35,68-70H2,(H2,71,103)(H2,72,105)(H,91,107)(H,92,104)(H,93,109)(H,94,108)(H,95,110)(H,96,113)(H,97,111)(H,98,112)(H,99,115)(H,100,114)(H,101,106)(H4,73,74,85)(H4,75,76,86)(H4,77,78,87)(H4,79,80,88)(H4,81,82,89)(H4,83,84,90). The maximum atomic E-state index is 14.9. The van der Waals surface area contributed by atoms with E-state index in [1.54, 1.807) is 0 Å². The molecule has 0 saturated heterocycles. The Morgan fingerprint density at radius 3 is 0.853 bits per heavy atom. The SMILES string of the molecule is NCCCCC(NC(=O)C(CCCN=C(N)N)NC(=O)CNC(=O)C(Cc1ccc(O)cc1)NC(=O)C(N)CS)C(=O)NC(CCCCN)C(=O)NC(CCCN=C(N)N)C(=O)NC(CCCN=C(N)N)C(=O)NC(CCC(N)=O)C(=O)NC(CCCN=C(N)N)C(=O)NC(CCCN=C(N)N)C(=O)NC(CCCN=C(N)N)C(N)=O. The second-order valence-corrected chi connectivity index (χ2v) is 27.1. The second-order valence-electron chi connectivity index (χ2n) is 26.7. The van der Waals surface area contributed by atoms with Crippen LogP contribution in [-0.2, 0) is 68.7 Å². The van der Waals surface area contributed by atoms with Gasteiger partial charge in [0.2, 0.25) is 76.8 Å². The Morgan fingerprint density at radius 1 is 0.328 bits per heavy atom. The molecule has 0 aliphatic carbocycles. The van der Waals surface area contributed by atoms with Crippen LogP contribution in [0.1, 0.15) is 134 Å². The van der Waals surface area contributed by atoms with Gasteiger partial charge < -0.3 is 161 Å². The fraction of sp³-hybridized carbons (Fsp3) is 0.627. The number of thiol groups is 1. The number of hydrogen-bond acceptors (Lipinski definition) is 24. The van der Waals surface area contributed by atoms with Crippen molar-refractivity contribution in [1.29, 1.82) is 0 Å². The molecule has 0 aromatic heterocycles. The van der Waals surface area contributed by atoms with Crippen LogP contribution in [0.25, 0.3) is 0 Å². The number of nitrogens with one attached hydrogen (secondary N) is 11. The molecule has 0 aliphatic rings. The van der Waals surface area contributed by atoms with Crippen molar-refractivity contribution in [2.24, 2.45) is 127 Å². The van der Waals surface area contributed by atoms with Crippen LogP contribution in [0.2, 0.25) is 0 Å². The van der Waals surface area contributed by atoms with E-state index in [0.29, 0.717) is 18.4 Å². The number of amides is 13. The fourth-order valence-electron chi connectivity index (χ4n) is 10.9. The minimum atomic E-state index is -1.74. The molecule has 652 valence electrons. The van der Waals surface area contributed by atoms with Crippen molar-refractivity contribution in [3.8, 4) is 5.75 Å². The number of carbonyl (C=O) groups excluding carboxylic acids is 13. The number of carbonyl (C=O) groups is 13. The fourth-order valence-corrected chi connectivity index (χ4v) is 11.0. The third-order valence-corrected chi connectivity index (χ3v) is 17.3. The first-order valence-corrected chi connectivity index (χ1v) is 38.3. The molecule has 13 amide bonds. The number of rotatable bonds is 61. The van der Waals surface area contributed by atoms with Gasteiger partial charge in [-0.2, -0.15) is 12.6 Å². The molecule has 0 bridgehead atoms. The number of guanidine groups is 6. The highest BCUT2D eigenvalue weighted by Gasteiger charge is 2.36. The zero-order valence-electron chi connectivity index (χ0n) is 65.3. The van der Waals surface area contributed by atoms with Gasteiger partial charge in [-0.25, -0.2) is 0 Å². The molecule has 0 radical (unpaired) electrons. The molecule has 0 saturated carbocycles. The molecule has 46 N–H and O–H groups in total. The minimum Gasteiger partial charge on any atom is -0.508 e. The first kappa shape index (κ1) is 102. The molecule has 1 rings (SSSR count). The largest absolute Gasteiger partial charge is 0.508 e. The number of phenolic OH excluding ortho intramolecular Hbond substituents is 1. The summed E-state index contributed by atoms with van der Waals surface area (Å²) in [6.45, 7) is -0.704. The summed E-state index contributed by atoms with van der Waals surface area (Å²) in [5.74, 6) is -14.0. The molecule has 49 heteroatoms. The van der Waals surface area contributed by atoms with Crippen LogP contribution in [0.5, 0.6) is 5.75 Å². The Morgan fingerprint density at radius 2 is 0.586 bits per heavy atom. The van der Waals surface area contributed by atoms with Gasteiger partial charge in [-0.05, 0) is 153 Å². The van der Waals surface area contributed by atoms with E-state index >= 15 is 0 Å². The first-order chi connectivity index (χ1) is 54.9. The van der Waals surface area contributed by atoms with Crippen LogP contribution in [-0.4, -0.2) is 249 Å². The lowest BCUT2D eigenvalue weighted by Gasteiger charge is -2.28. The number of unbranched alkanes of at least 4 members (excludes halogenated alkanes) is 2. The quantitative estimate of drug-likeness (QED) is 0.0125. The van der Waals surface area contributed by atoms with Crippen LogP contribution in [0, 0.1) is 0 Å². The summed E-state index contributed by atoms with van der Waals surface area (Å²) in [4.78, 5) is 206.